The van der Waals surface area contributed by atoms with E-state index in [1.165, 1.54) is 18.2 Å². The van der Waals surface area contributed by atoms with Gasteiger partial charge in [0.25, 0.3) is 0 Å². The number of aryl methyl sites for hydroxylation is 1. The summed E-state index contributed by atoms with van der Waals surface area (Å²) < 4.78 is 76.3. The molecule has 0 amide bonds. The minimum absolute atomic E-state index is 0.0475. The minimum atomic E-state index is -3.39. The van der Waals surface area contributed by atoms with Crippen molar-refractivity contribution in [3.8, 4) is 11.5 Å². The van der Waals surface area contributed by atoms with E-state index in [0.717, 1.165) is 43.0 Å². The SMILES string of the molecule is CCCCCc1ccc(C(=O)Oc2ccc3c(F)c(OC(F)F)c(F)cc3c2)c(F)c1. The second-order valence-corrected chi connectivity index (χ2v) is 6.92. The van der Waals surface area contributed by atoms with Crippen LogP contribution in [0.5, 0.6) is 11.5 Å². The third-order valence-electron chi connectivity index (χ3n) is 4.70. The van der Waals surface area contributed by atoms with Crippen molar-refractivity contribution < 1.29 is 36.2 Å². The van der Waals surface area contributed by atoms with Crippen LogP contribution in [-0.4, -0.2) is 12.6 Å². The number of unbranched alkanes of at least 4 members (excludes halogenated alkanes) is 2. The lowest BCUT2D eigenvalue weighted by molar-refractivity contribution is -0.0544. The van der Waals surface area contributed by atoms with Crippen LogP contribution in [0.25, 0.3) is 10.8 Å². The van der Waals surface area contributed by atoms with E-state index in [1.54, 1.807) is 6.07 Å². The number of esters is 1. The number of rotatable bonds is 8. The maximum Gasteiger partial charge on any atom is 0.387 e. The van der Waals surface area contributed by atoms with E-state index in [2.05, 4.69) is 11.7 Å². The van der Waals surface area contributed by atoms with E-state index in [1.807, 2.05) is 0 Å². The molecule has 0 saturated heterocycles. The minimum Gasteiger partial charge on any atom is -0.429 e. The average molecular weight is 438 g/mol. The molecule has 0 aliphatic heterocycles. The van der Waals surface area contributed by atoms with Gasteiger partial charge in [-0.2, -0.15) is 8.78 Å². The van der Waals surface area contributed by atoms with Crippen LogP contribution in [0.1, 0.15) is 42.1 Å². The Labute approximate surface area is 175 Å². The fourth-order valence-corrected chi connectivity index (χ4v) is 3.17. The van der Waals surface area contributed by atoms with E-state index in [9.17, 15) is 26.7 Å². The van der Waals surface area contributed by atoms with Crippen molar-refractivity contribution in [2.45, 2.75) is 39.2 Å². The third kappa shape index (κ3) is 5.31. The number of alkyl halides is 2. The number of hydrogen-bond donors (Lipinski definition) is 0. The predicted molar refractivity (Wildman–Crippen MR) is 105 cm³/mol. The van der Waals surface area contributed by atoms with Crippen LogP contribution in [0.3, 0.4) is 0 Å². The van der Waals surface area contributed by atoms with Crippen molar-refractivity contribution in [3.63, 3.8) is 0 Å². The highest BCUT2D eigenvalue weighted by molar-refractivity contribution is 5.92. The maximum absolute atomic E-state index is 14.3. The summed E-state index contributed by atoms with van der Waals surface area (Å²) in [6.45, 7) is -1.33. The average Bonchev–Trinajstić information content (AvgIpc) is 2.71. The standard InChI is InChI=1S/C23H19F5O3/c1-2-3-4-5-13-6-8-17(18(24)10-13)22(29)30-15-7-9-16-14(11-15)12-19(25)21(20(16)26)31-23(27)28/h6-12,23H,2-5H2,1H3. The van der Waals surface area contributed by atoms with Crippen molar-refractivity contribution in [1.82, 2.24) is 0 Å². The first-order valence-electron chi connectivity index (χ1n) is 9.67. The molecule has 0 spiro atoms. The Morgan fingerprint density at radius 2 is 1.74 bits per heavy atom. The Kier molecular flexibility index (Phi) is 7.09. The van der Waals surface area contributed by atoms with E-state index in [0.29, 0.717) is 6.42 Å². The van der Waals surface area contributed by atoms with E-state index >= 15 is 0 Å². The monoisotopic (exact) mass is 438 g/mol. The van der Waals surface area contributed by atoms with Crippen molar-refractivity contribution in [3.05, 3.63) is 71.0 Å². The van der Waals surface area contributed by atoms with Gasteiger partial charge >= 0.3 is 12.6 Å². The number of carbonyl (C=O) groups excluding carboxylic acids is 1. The molecule has 0 aliphatic carbocycles. The summed E-state index contributed by atoms with van der Waals surface area (Å²) in [5.41, 5.74) is 0.485. The zero-order valence-corrected chi connectivity index (χ0v) is 16.6. The Morgan fingerprint density at radius 1 is 0.968 bits per heavy atom. The van der Waals surface area contributed by atoms with Gasteiger partial charge < -0.3 is 9.47 Å². The first-order chi connectivity index (χ1) is 14.8. The summed E-state index contributed by atoms with van der Waals surface area (Å²) in [5, 5.41) is -0.256. The van der Waals surface area contributed by atoms with Crippen LogP contribution in [0.2, 0.25) is 0 Å². The van der Waals surface area contributed by atoms with Crippen LogP contribution in [0, 0.1) is 17.5 Å². The van der Waals surface area contributed by atoms with Gasteiger partial charge in [0.15, 0.2) is 17.4 Å². The summed E-state index contributed by atoms with van der Waals surface area (Å²) in [7, 11) is 0. The highest BCUT2D eigenvalue weighted by atomic mass is 19.3. The van der Waals surface area contributed by atoms with Crippen LogP contribution in [-0.2, 0) is 6.42 Å². The molecule has 0 unspecified atom stereocenters. The Morgan fingerprint density at radius 3 is 2.42 bits per heavy atom. The fraction of sp³-hybridized carbons (Fsp3) is 0.261. The maximum atomic E-state index is 14.3. The molecule has 8 heteroatoms. The second-order valence-electron chi connectivity index (χ2n) is 6.92. The first kappa shape index (κ1) is 22.5. The van der Waals surface area contributed by atoms with E-state index in [4.69, 9.17) is 4.74 Å². The predicted octanol–water partition coefficient (Wildman–Crippen LogP) is 6.81. The van der Waals surface area contributed by atoms with Gasteiger partial charge in [0.1, 0.15) is 11.6 Å². The van der Waals surface area contributed by atoms with Gasteiger partial charge in [-0.05, 0) is 60.2 Å². The molecule has 31 heavy (non-hydrogen) atoms. The zero-order chi connectivity index (χ0) is 22.5. The van der Waals surface area contributed by atoms with E-state index < -0.39 is 35.8 Å². The highest BCUT2D eigenvalue weighted by Crippen LogP contribution is 2.33. The molecule has 0 heterocycles. The quantitative estimate of drug-likeness (QED) is 0.168. The number of carbonyl (C=O) groups is 1. The molecule has 0 atom stereocenters. The molecule has 3 nitrogen and oxygen atoms in total. The molecule has 0 aromatic heterocycles. The highest BCUT2D eigenvalue weighted by Gasteiger charge is 2.20. The van der Waals surface area contributed by atoms with Gasteiger partial charge in [-0.25, -0.2) is 18.0 Å². The van der Waals surface area contributed by atoms with Gasteiger partial charge in [-0.15, -0.1) is 0 Å². The molecular weight excluding hydrogens is 419 g/mol. The Balaban J connectivity index is 1.81. The zero-order valence-electron chi connectivity index (χ0n) is 16.6. The van der Waals surface area contributed by atoms with Gasteiger partial charge in [0.05, 0.1) is 5.56 Å². The van der Waals surface area contributed by atoms with Crippen molar-refractivity contribution in [2.75, 3.05) is 0 Å². The number of ether oxygens (including phenoxy) is 2. The molecule has 3 aromatic carbocycles. The largest absolute Gasteiger partial charge is 0.429 e. The molecule has 3 rings (SSSR count). The molecule has 0 aliphatic rings. The molecule has 3 aromatic rings. The topological polar surface area (TPSA) is 35.5 Å². The molecule has 0 saturated carbocycles. The lowest BCUT2D eigenvalue weighted by atomic mass is 10.0. The second kappa shape index (κ2) is 9.76. The lowest BCUT2D eigenvalue weighted by Gasteiger charge is -2.11. The van der Waals surface area contributed by atoms with Crippen molar-refractivity contribution in [1.29, 1.82) is 0 Å². The normalized spacial score (nSPS) is 11.2. The van der Waals surface area contributed by atoms with Gasteiger partial charge in [0.2, 0.25) is 0 Å². The van der Waals surface area contributed by atoms with Crippen LogP contribution < -0.4 is 9.47 Å². The number of hydrogen-bond acceptors (Lipinski definition) is 3. The molecule has 0 radical (unpaired) electrons. The Hall–Kier alpha value is -3.16. The summed E-state index contributed by atoms with van der Waals surface area (Å²) in [6.07, 6.45) is 3.66. The van der Waals surface area contributed by atoms with Crippen molar-refractivity contribution in [2.24, 2.45) is 0 Å². The first-order valence-corrected chi connectivity index (χ1v) is 9.67. The van der Waals surface area contributed by atoms with Crippen molar-refractivity contribution >= 4 is 16.7 Å². The lowest BCUT2D eigenvalue weighted by Crippen LogP contribution is -2.11. The summed E-state index contributed by atoms with van der Waals surface area (Å²) in [4.78, 5) is 12.3. The number of halogens is 5. The molecular formula is C23H19F5O3. The molecule has 164 valence electrons. The number of benzene rings is 3. The molecule has 0 bridgehead atoms. The number of fused-ring (bicyclic) bond motifs is 1. The van der Waals surface area contributed by atoms with Gasteiger partial charge in [-0.3, -0.25) is 0 Å². The van der Waals surface area contributed by atoms with Gasteiger partial charge in [-0.1, -0.05) is 25.8 Å². The third-order valence-corrected chi connectivity index (χ3v) is 4.70. The summed E-state index contributed by atoms with van der Waals surface area (Å²) in [6, 6.07) is 8.48. The summed E-state index contributed by atoms with van der Waals surface area (Å²) >= 11 is 0. The molecule has 0 fully saturated rings. The summed E-state index contributed by atoms with van der Waals surface area (Å²) in [5.74, 6) is -5.64. The van der Waals surface area contributed by atoms with Crippen LogP contribution in [0.15, 0.2) is 42.5 Å². The fourth-order valence-electron chi connectivity index (χ4n) is 3.17. The van der Waals surface area contributed by atoms with Crippen LogP contribution in [0.4, 0.5) is 22.0 Å². The van der Waals surface area contributed by atoms with E-state index in [-0.39, 0.29) is 22.1 Å². The Bertz CT molecular complexity index is 1100. The smallest absolute Gasteiger partial charge is 0.387 e. The van der Waals surface area contributed by atoms with Crippen LogP contribution >= 0.6 is 0 Å². The van der Waals surface area contributed by atoms with Gasteiger partial charge in [0, 0.05) is 5.39 Å². The molecule has 0 N–H and O–H groups in total.